The lowest BCUT2D eigenvalue weighted by molar-refractivity contribution is -0.384. The molecule has 5 aromatic carbocycles. The van der Waals surface area contributed by atoms with Crippen LogP contribution < -0.4 is 15.1 Å². The number of ether oxygens (including phenoxy) is 1. The Balaban J connectivity index is 1.25. The number of hydrogen-bond acceptors (Lipinski definition) is 9. The van der Waals surface area contributed by atoms with E-state index in [0.29, 0.717) is 32.9 Å². The van der Waals surface area contributed by atoms with Gasteiger partial charge in [-0.1, -0.05) is 83.4 Å². The van der Waals surface area contributed by atoms with Gasteiger partial charge in [0.25, 0.3) is 17.5 Å². The molecule has 12 nitrogen and oxygen atoms in total. The largest absolute Gasteiger partial charge is 0.507 e. The van der Waals surface area contributed by atoms with E-state index in [-0.39, 0.29) is 40.7 Å². The molecular formula is C43H32Cl2N4O8. The van der Waals surface area contributed by atoms with Gasteiger partial charge in [-0.3, -0.25) is 39.6 Å². The molecule has 1 saturated carbocycles. The summed E-state index contributed by atoms with van der Waals surface area (Å²) in [5, 5.41) is 26.4. The van der Waals surface area contributed by atoms with Crippen LogP contribution in [-0.2, 0) is 24.6 Å². The minimum atomic E-state index is -1.67. The normalized spacial score (nSPS) is 25.2. The van der Waals surface area contributed by atoms with Gasteiger partial charge in [-0.05, 0) is 72.2 Å². The monoisotopic (exact) mass is 802 g/mol. The number of nitrogens with zero attached hydrogens (tertiary/aromatic N) is 3. The van der Waals surface area contributed by atoms with Gasteiger partial charge in [-0.2, -0.15) is 5.01 Å². The van der Waals surface area contributed by atoms with Gasteiger partial charge in [-0.15, -0.1) is 0 Å². The van der Waals surface area contributed by atoms with Crippen molar-refractivity contribution in [3.8, 4) is 11.5 Å². The van der Waals surface area contributed by atoms with Crippen molar-refractivity contribution < 1.29 is 33.9 Å². The summed E-state index contributed by atoms with van der Waals surface area (Å²) in [6.07, 6.45) is 2.04. The van der Waals surface area contributed by atoms with Gasteiger partial charge in [0.05, 0.1) is 51.6 Å². The van der Waals surface area contributed by atoms with Gasteiger partial charge < -0.3 is 9.84 Å². The smallest absolute Gasteiger partial charge is 0.269 e. The van der Waals surface area contributed by atoms with Crippen LogP contribution in [0.3, 0.4) is 0 Å². The maximum Gasteiger partial charge on any atom is 0.269 e. The number of imide groups is 2. The van der Waals surface area contributed by atoms with E-state index >= 15 is 9.59 Å². The summed E-state index contributed by atoms with van der Waals surface area (Å²) in [4.78, 5) is 71.2. The number of carbonyl (C=O) groups excluding carboxylic acids is 4. The highest BCUT2D eigenvalue weighted by atomic mass is 35.5. The number of methoxy groups -OCH3 is 1. The number of fused-ring (bicyclic) bond motifs is 5. The molecule has 2 aliphatic heterocycles. The Morgan fingerprint density at radius 3 is 2.32 bits per heavy atom. The van der Waals surface area contributed by atoms with Crippen LogP contribution in [0.5, 0.6) is 11.5 Å². The van der Waals surface area contributed by atoms with Crippen LogP contribution in [-0.4, -0.2) is 45.8 Å². The number of amides is 4. The van der Waals surface area contributed by atoms with Gasteiger partial charge in [0.15, 0.2) is 0 Å². The van der Waals surface area contributed by atoms with Crippen LogP contribution in [0.2, 0.25) is 10.0 Å². The highest BCUT2D eigenvalue weighted by molar-refractivity contribution is 6.36. The van der Waals surface area contributed by atoms with E-state index in [0.717, 1.165) is 15.3 Å². The number of nitro benzene ring substituents is 1. The lowest BCUT2D eigenvalue weighted by Crippen LogP contribution is -2.53. The van der Waals surface area contributed by atoms with E-state index in [4.69, 9.17) is 27.9 Å². The van der Waals surface area contributed by atoms with Crippen LogP contribution in [0.4, 0.5) is 17.1 Å². The second-order valence-corrected chi connectivity index (χ2v) is 15.6. The van der Waals surface area contributed by atoms with Crippen molar-refractivity contribution in [2.75, 3.05) is 17.4 Å². The van der Waals surface area contributed by atoms with Crippen molar-refractivity contribution in [2.45, 2.75) is 24.2 Å². The third-order valence-corrected chi connectivity index (χ3v) is 12.7. The first-order valence-corrected chi connectivity index (χ1v) is 19.0. The average Bonchev–Trinajstić information content (AvgIpc) is 3.59. The van der Waals surface area contributed by atoms with Crippen LogP contribution in [0.1, 0.15) is 29.9 Å². The Morgan fingerprint density at radius 1 is 0.877 bits per heavy atom. The molecule has 5 aromatic rings. The van der Waals surface area contributed by atoms with Crippen LogP contribution in [0.15, 0.2) is 115 Å². The first kappa shape index (κ1) is 36.4. The predicted octanol–water partition coefficient (Wildman–Crippen LogP) is 7.96. The molecule has 2 N–H and O–H groups in total. The van der Waals surface area contributed by atoms with Crippen molar-refractivity contribution in [2.24, 2.45) is 23.7 Å². The van der Waals surface area contributed by atoms with Crippen LogP contribution >= 0.6 is 23.2 Å². The molecule has 0 radical (unpaired) electrons. The fourth-order valence-electron chi connectivity index (χ4n) is 9.67. The van der Waals surface area contributed by atoms with E-state index in [1.54, 1.807) is 54.6 Å². The molecule has 4 amide bonds. The van der Waals surface area contributed by atoms with E-state index in [1.807, 2.05) is 24.3 Å². The SMILES string of the molecule is COc1ccc(C23C(=O)N(Nc4ccc(Cl)cc4Cl)C(=O)C2CC2C(=CCC4C(=O)N(c5ccc([N+](=O)[O-])cc5)C(=O)C42)C3c2ccc3ccccc3c2O)cc1. The average molecular weight is 804 g/mol. The Bertz CT molecular complexity index is 2600. The van der Waals surface area contributed by atoms with E-state index < -0.39 is 63.6 Å². The number of hydrogen-bond donors (Lipinski definition) is 2. The molecule has 9 rings (SSSR count). The summed E-state index contributed by atoms with van der Waals surface area (Å²) >= 11 is 12.7. The number of hydrazine groups is 1. The third-order valence-electron chi connectivity index (χ3n) is 12.1. The van der Waals surface area contributed by atoms with E-state index in [9.17, 15) is 24.8 Å². The Kier molecular flexibility index (Phi) is 8.59. The third kappa shape index (κ3) is 5.34. The number of nitro groups is 1. The molecule has 14 heteroatoms. The molecular weight excluding hydrogens is 771 g/mol. The molecule has 2 saturated heterocycles. The number of anilines is 2. The molecule has 0 aromatic heterocycles. The molecule has 57 heavy (non-hydrogen) atoms. The number of phenolic OH excluding ortho intramolecular Hbond substituents is 1. The van der Waals surface area contributed by atoms with Crippen molar-refractivity contribution in [1.29, 1.82) is 0 Å². The highest BCUT2D eigenvalue weighted by Gasteiger charge is 2.70. The van der Waals surface area contributed by atoms with Gasteiger partial charge in [-0.25, -0.2) is 0 Å². The first-order chi connectivity index (χ1) is 27.4. The maximum absolute atomic E-state index is 15.6. The highest BCUT2D eigenvalue weighted by Crippen LogP contribution is 2.65. The topological polar surface area (TPSA) is 159 Å². The number of aromatic hydroxyl groups is 1. The number of allylic oxidation sites excluding steroid dienone is 2. The zero-order chi connectivity index (χ0) is 39.9. The summed E-state index contributed by atoms with van der Waals surface area (Å²) in [5.41, 5.74) is 3.06. The number of nitrogens with one attached hydrogen (secondary N) is 1. The van der Waals surface area contributed by atoms with Crippen molar-refractivity contribution in [3.63, 3.8) is 0 Å². The van der Waals surface area contributed by atoms with Gasteiger partial charge in [0, 0.05) is 34.0 Å². The minimum absolute atomic E-state index is 0.00803. The molecule has 2 aliphatic carbocycles. The second-order valence-electron chi connectivity index (χ2n) is 14.7. The van der Waals surface area contributed by atoms with Crippen molar-refractivity contribution in [1.82, 2.24) is 5.01 Å². The zero-order valence-corrected chi connectivity index (χ0v) is 31.6. The Hall–Kier alpha value is -6.24. The zero-order valence-electron chi connectivity index (χ0n) is 30.1. The van der Waals surface area contributed by atoms with Crippen molar-refractivity contribution >= 4 is 74.7 Å². The quantitative estimate of drug-likeness (QED) is 0.0721. The lowest BCUT2D eigenvalue weighted by Gasteiger charge is -2.50. The second kappa shape index (κ2) is 13.5. The summed E-state index contributed by atoms with van der Waals surface area (Å²) < 4.78 is 5.48. The van der Waals surface area contributed by atoms with Gasteiger partial charge >= 0.3 is 0 Å². The van der Waals surface area contributed by atoms with E-state index in [2.05, 4.69) is 5.43 Å². The van der Waals surface area contributed by atoms with Crippen molar-refractivity contribution in [3.05, 3.63) is 146 Å². The first-order valence-electron chi connectivity index (χ1n) is 18.2. The molecule has 286 valence electrons. The number of phenols is 1. The molecule has 6 unspecified atom stereocenters. The van der Waals surface area contributed by atoms with Gasteiger partial charge in [0.1, 0.15) is 11.5 Å². The number of non-ortho nitro benzene ring substituents is 1. The lowest BCUT2D eigenvalue weighted by atomic mass is 9.49. The summed E-state index contributed by atoms with van der Waals surface area (Å²) in [6.45, 7) is 0. The number of halogens is 2. The molecule has 3 fully saturated rings. The Labute approximate surface area is 335 Å². The molecule has 4 aliphatic rings. The van der Waals surface area contributed by atoms with Crippen LogP contribution in [0.25, 0.3) is 10.8 Å². The molecule has 6 atom stereocenters. The summed E-state index contributed by atoms with van der Waals surface area (Å²) in [6, 6.07) is 27.6. The standard InChI is InChI=1S/C43H32Cl2N4O8/c1-57-27-14-7-23(8-15-27)43-33(40(52)48(42(43)54)46-35-19-9-24(44)20-34(35)45)21-32-29(37(43)31-16-6-22-4-2-3-5-28(22)38(31)50)17-18-30-36(32)41(53)47(39(30)51)25-10-12-26(13-11-25)49(55)56/h2-17,19-20,30,32-33,36-37,46,50H,18,21H2,1H3. The molecule has 0 bridgehead atoms. The predicted molar refractivity (Wildman–Crippen MR) is 212 cm³/mol. The minimum Gasteiger partial charge on any atom is -0.507 e. The fourth-order valence-corrected chi connectivity index (χ4v) is 10.1. The fraction of sp³-hybridized carbons (Fsp3) is 0.209. The van der Waals surface area contributed by atoms with E-state index in [1.165, 1.54) is 37.4 Å². The van der Waals surface area contributed by atoms with Crippen LogP contribution in [0, 0.1) is 33.8 Å². The maximum atomic E-state index is 15.6. The summed E-state index contributed by atoms with van der Waals surface area (Å²) in [5.74, 6) is -6.26. The Morgan fingerprint density at radius 2 is 1.61 bits per heavy atom. The summed E-state index contributed by atoms with van der Waals surface area (Å²) in [7, 11) is 1.52. The number of benzene rings is 5. The van der Waals surface area contributed by atoms with Gasteiger partial charge in [0.2, 0.25) is 11.8 Å². The molecule has 2 heterocycles. The number of carbonyl (C=O) groups is 4. The number of rotatable bonds is 7. The molecule has 0 spiro atoms.